The van der Waals surface area contributed by atoms with Crippen molar-refractivity contribution in [1.29, 1.82) is 0 Å². The molecule has 0 unspecified atom stereocenters. The Labute approximate surface area is 97.3 Å². The van der Waals surface area contributed by atoms with Crippen molar-refractivity contribution in [3.8, 4) is 0 Å². The quantitative estimate of drug-likeness (QED) is 0.709. The summed E-state index contributed by atoms with van der Waals surface area (Å²) in [4.78, 5) is 0. The van der Waals surface area contributed by atoms with Crippen LogP contribution in [0.5, 0.6) is 0 Å². The molecular formula is C14H20N2. The molecule has 0 atom stereocenters. The van der Waals surface area contributed by atoms with E-state index in [-0.39, 0.29) is 5.41 Å². The maximum atomic E-state index is 4.38. The van der Waals surface area contributed by atoms with Gasteiger partial charge in [0, 0.05) is 11.8 Å². The minimum Gasteiger partial charge on any atom is -0.241 e. The van der Waals surface area contributed by atoms with Crippen molar-refractivity contribution >= 4 is 5.52 Å². The van der Waals surface area contributed by atoms with Crippen molar-refractivity contribution in [2.75, 3.05) is 0 Å². The van der Waals surface area contributed by atoms with Crippen LogP contribution in [0.1, 0.15) is 51.7 Å². The van der Waals surface area contributed by atoms with Crippen molar-refractivity contribution in [3.63, 3.8) is 0 Å². The monoisotopic (exact) mass is 216 g/mol. The Morgan fingerprint density at radius 3 is 2.50 bits per heavy atom. The minimum atomic E-state index is 0.195. The number of aromatic nitrogens is 2. The summed E-state index contributed by atoms with van der Waals surface area (Å²) in [5.74, 6) is 0.521. The highest BCUT2D eigenvalue weighted by Crippen LogP contribution is 2.26. The van der Waals surface area contributed by atoms with E-state index in [1.54, 1.807) is 0 Å². The van der Waals surface area contributed by atoms with E-state index >= 15 is 0 Å². The molecule has 0 saturated carbocycles. The molecule has 0 aliphatic heterocycles. The average Bonchev–Trinajstić information content (AvgIpc) is 2.58. The predicted octanol–water partition coefficient (Wildman–Crippen LogP) is 3.76. The van der Waals surface area contributed by atoms with Crippen molar-refractivity contribution in [3.05, 3.63) is 35.7 Å². The van der Waals surface area contributed by atoms with E-state index < -0.39 is 0 Å². The molecule has 2 rings (SSSR count). The number of pyridine rings is 1. The second kappa shape index (κ2) is 3.62. The largest absolute Gasteiger partial charge is 0.241 e. The summed E-state index contributed by atoms with van der Waals surface area (Å²) in [6, 6.07) is 4.42. The maximum Gasteiger partial charge on any atom is 0.0699 e. The number of fused-ring (bicyclic) bond motifs is 1. The molecule has 2 aromatic heterocycles. The van der Waals surface area contributed by atoms with Crippen LogP contribution in [0, 0.1) is 0 Å². The molecule has 2 nitrogen and oxygen atoms in total. The molecule has 2 aromatic rings. The van der Waals surface area contributed by atoms with Gasteiger partial charge in [-0.1, -0.05) is 34.6 Å². The Kier molecular flexibility index (Phi) is 2.53. The zero-order chi connectivity index (χ0) is 11.9. The Morgan fingerprint density at radius 1 is 1.25 bits per heavy atom. The second-order valence-electron chi connectivity index (χ2n) is 5.75. The molecule has 86 valence electrons. The van der Waals surface area contributed by atoms with Gasteiger partial charge < -0.3 is 0 Å². The van der Waals surface area contributed by atoms with E-state index in [0.717, 1.165) is 0 Å². The Morgan fingerprint density at radius 2 is 1.94 bits per heavy atom. The van der Waals surface area contributed by atoms with Crippen LogP contribution in [0.25, 0.3) is 5.52 Å². The molecule has 2 heteroatoms. The minimum absolute atomic E-state index is 0.195. The van der Waals surface area contributed by atoms with Crippen LogP contribution in [-0.2, 0) is 5.41 Å². The predicted molar refractivity (Wildman–Crippen MR) is 68.0 cm³/mol. The standard InChI is InChI=1S/C14H20N2/c1-10(2)12-9-15-16-7-6-11(8-13(12)16)14(3,4)5/h6-10H,1-5H3. The van der Waals surface area contributed by atoms with Crippen molar-refractivity contribution in [1.82, 2.24) is 9.61 Å². The van der Waals surface area contributed by atoms with Crippen molar-refractivity contribution in [2.24, 2.45) is 0 Å². The summed E-state index contributed by atoms with van der Waals surface area (Å²) >= 11 is 0. The fraction of sp³-hybridized carbons (Fsp3) is 0.500. The highest BCUT2D eigenvalue weighted by molar-refractivity contribution is 5.57. The fourth-order valence-corrected chi connectivity index (χ4v) is 1.91. The number of hydrogen-bond donors (Lipinski definition) is 0. The van der Waals surface area contributed by atoms with E-state index in [0.29, 0.717) is 5.92 Å². The van der Waals surface area contributed by atoms with E-state index in [1.807, 2.05) is 10.7 Å². The SMILES string of the molecule is CC(C)c1cnn2ccc(C(C)(C)C)cc12. The Balaban J connectivity index is 2.63. The van der Waals surface area contributed by atoms with Gasteiger partial charge in [0.05, 0.1) is 11.7 Å². The molecule has 0 amide bonds. The molecule has 2 heterocycles. The molecule has 0 aliphatic carbocycles. The van der Waals surface area contributed by atoms with Crippen molar-refractivity contribution in [2.45, 2.75) is 46.0 Å². The molecule has 0 aromatic carbocycles. The smallest absolute Gasteiger partial charge is 0.0699 e. The first-order chi connectivity index (χ1) is 7.39. The Bertz CT molecular complexity index is 501. The number of hydrogen-bond acceptors (Lipinski definition) is 1. The summed E-state index contributed by atoms with van der Waals surface area (Å²) in [6.07, 6.45) is 4.04. The average molecular weight is 216 g/mol. The molecule has 0 spiro atoms. The number of rotatable bonds is 1. The zero-order valence-electron chi connectivity index (χ0n) is 10.8. The van der Waals surface area contributed by atoms with E-state index in [9.17, 15) is 0 Å². The van der Waals surface area contributed by atoms with Gasteiger partial charge in [-0.2, -0.15) is 5.10 Å². The van der Waals surface area contributed by atoms with Crippen LogP contribution in [-0.4, -0.2) is 9.61 Å². The van der Waals surface area contributed by atoms with Crippen LogP contribution in [0.2, 0.25) is 0 Å². The molecule has 0 saturated heterocycles. The third kappa shape index (κ3) is 1.84. The van der Waals surface area contributed by atoms with Crippen molar-refractivity contribution < 1.29 is 0 Å². The van der Waals surface area contributed by atoms with Crippen LogP contribution in [0.15, 0.2) is 24.5 Å². The summed E-state index contributed by atoms with van der Waals surface area (Å²) in [5, 5.41) is 4.38. The van der Waals surface area contributed by atoms with Crippen LogP contribution in [0.3, 0.4) is 0 Å². The first kappa shape index (κ1) is 11.2. The molecule has 0 bridgehead atoms. The van der Waals surface area contributed by atoms with Gasteiger partial charge in [0.2, 0.25) is 0 Å². The third-order valence-electron chi connectivity index (χ3n) is 3.04. The summed E-state index contributed by atoms with van der Waals surface area (Å²) in [5.41, 5.74) is 4.12. The maximum absolute atomic E-state index is 4.38. The van der Waals surface area contributed by atoms with E-state index in [1.165, 1.54) is 16.6 Å². The molecule has 16 heavy (non-hydrogen) atoms. The molecule has 0 radical (unpaired) electrons. The number of nitrogens with zero attached hydrogens (tertiary/aromatic N) is 2. The van der Waals surface area contributed by atoms with Gasteiger partial charge in [0.25, 0.3) is 0 Å². The summed E-state index contributed by atoms with van der Waals surface area (Å²) in [6.45, 7) is 11.1. The fourth-order valence-electron chi connectivity index (χ4n) is 1.91. The van der Waals surface area contributed by atoms with E-state index in [4.69, 9.17) is 0 Å². The van der Waals surface area contributed by atoms with Crippen LogP contribution < -0.4 is 0 Å². The molecule has 0 aliphatic rings. The lowest BCUT2D eigenvalue weighted by molar-refractivity contribution is 0.589. The lowest BCUT2D eigenvalue weighted by atomic mass is 9.87. The molecule has 0 N–H and O–H groups in total. The van der Waals surface area contributed by atoms with E-state index in [2.05, 4.69) is 58.0 Å². The van der Waals surface area contributed by atoms with Gasteiger partial charge in [-0.15, -0.1) is 0 Å². The lowest BCUT2D eigenvalue weighted by Gasteiger charge is -2.19. The topological polar surface area (TPSA) is 17.3 Å². The second-order valence-corrected chi connectivity index (χ2v) is 5.75. The van der Waals surface area contributed by atoms with Gasteiger partial charge in [-0.25, -0.2) is 4.52 Å². The highest BCUT2D eigenvalue weighted by Gasteiger charge is 2.16. The first-order valence-corrected chi connectivity index (χ1v) is 5.87. The Hall–Kier alpha value is -1.31. The summed E-state index contributed by atoms with van der Waals surface area (Å²) < 4.78 is 1.96. The zero-order valence-corrected chi connectivity index (χ0v) is 10.8. The highest BCUT2D eigenvalue weighted by atomic mass is 15.2. The van der Waals surface area contributed by atoms with Crippen LogP contribution in [0.4, 0.5) is 0 Å². The summed E-state index contributed by atoms with van der Waals surface area (Å²) in [7, 11) is 0. The molecular weight excluding hydrogens is 196 g/mol. The normalized spacial score (nSPS) is 12.6. The van der Waals surface area contributed by atoms with Gasteiger partial charge in [0.1, 0.15) is 0 Å². The first-order valence-electron chi connectivity index (χ1n) is 5.87. The van der Waals surface area contributed by atoms with Gasteiger partial charge >= 0.3 is 0 Å². The van der Waals surface area contributed by atoms with Crippen LogP contribution >= 0.6 is 0 Å². The van der Waals surface area contributed by atoms with Gasteiger partial charge in [0.15, 0.2) is 0 Å². The lowest BCUT2D eigenvalue weighted by Crippen LogP contribution is -2.11. The third-order valence-corrected chi connectivity index (χ3v) is 3.04. The molecule has 0 fully saturated rings. The van der Waals surface area contributed by atoms with Gasteiger partial charge in [-0.3, -0.25) is 0 Å². The van der Waals surface area contributed by atoms with Gasteiger partial charge in [-0.05, 0) is 29.0 Å².